The van der Waals surface area contributed by atoms with E-state index in [-0.39, 0.29) is 11.7 Å². The molecule has 4 aromatic rings. The minimum atomic E-state index is -0.645. The fraction of sp³-hybridized carbons (Fsp3) is 0.115. The van der Waals surface area contributed by atoms with Gasteiger partial charge in [-0.25, -0.2) is 4.68 Å². The monoisotopic (exact) mass is 487 g/mol. The Hall–Kier alpha value is -4.30. The molecule has 0 radical (unpaired) electrons. The van der Waals surface area contributed by atoms with Crippen LogP contribution in [-0.2, 0) is 4.79 Å². The molecule has 3 aromatic carbocycles. The van der Waals surface area contributed by atoms with Crippen LogP contribution in [0.25, 0.3) is 11.4 Å². The summed E-state index contributed by atoms with van der Waals surface area (Å²) >= 11 is 6.60. The second kappa shape index (κ2) is 9.15. The molecule has 1 aliphatic rings. The maximum atomic E-state index is 13.7. The van der Waals surface area contributed by atoms with Crippen LogP contribution < -0.4 is 15.4 Å². The van der Waals surface area contributed by atoms with E-state index < -0.39 is 6.04 Å². The molecule has 0 saturated heterocycles. The van der Waals surface area contributed by atoms with Gasteiger partial charge in [-0.15, -0.1) is 5.10 Å². The molecule has 1 atom stereocenters. The topological polar surface area (TPSA) is 101 Å². The molecule has 0 bridgehead atoms. The van der Waals surface area contributed by atoms with E-state index in [1.54, 1.807) is 54.3 Å². The number of phenols is 1. The van der Waals surface area contributed by atoms with Gasteiger partial charge >= 0.3 is 0 Å². The first kappa shape index (κ1) is 22.5. The lowest BCUT2D eigenvalue weighted by atomic mass is 9.95. The van der Waals surface area contributed by atoms with E-state index >= 15 is 0 Å². The summed E-state index contributed by atoms with van der Waals surface area (Å²) < 4.78 is 7.04. The number of amides is 1. The number of aromatic hydroxyl groups is 1. The van der Waals surface area contributed by atoms with Gasteiger partial charge in [-0.2, -0.15) is 4.98 Å². The van der Waals surface area contributed by atoms with Crippen molar-refractivity contribution in [2.45, 2.75) is 13.0 Å². The van der Waals surface area contributed by atoms with Crippen molar-refractivity contribution >= 4 is 29.1 Å². The molecule has 1 aromatic heterocycles. The van der Waals surface area contributed by atoms with Gasteiger partial charge in [-0.3, -0.25) is 4.79 Å². The van der Waals surface area contributed by atoms with Crippen LogP contribution in [0.2, 0.25) is 5.02 Å². The molecule has 0 saturated carbocycles. The van der Waals surface area contributed by atoms with Gasteiger partial charge in [-0.05, 0) is 37.3 Å². The summed E-state index contributed by atoms with van der Waals surface area (Å²) in [4.78, 5) is 18.3. The molecule has 0 aliphatic carbocycles. The Morgan fingerprint density at radius 3 is 2.66 bits per heavy atom. The number of hydrogen-bond donors (Lipinski definition) is 3. The molecule has 176 valence electrons. The molecule has 1 amide bonds. The molecule has 0 fully saturated rings. The number of nitrogens with one attached hydrogen (secondary N) is 2. The highest BCUT2D eigenvalue weighted by molar-refractivity contribution is 6.31. The van der Waals surface area contributed by atoms with Crippen LogP contribution in [0.15, 0.2) is 84.1 Å². The van der Waals surface area contributed by atoms with Crippen LogP contribution in [-0.4, -0.2) is 32.9 Å². The van der Waals surface area contributed by atoms with E-state index in [2.05, 4.69) is 15.6 Å². The number of nitrogens with zero attached hydrogens (tertiary/aromatic N) is 3. The molecule has 5 rings (SSSR count). The summed E-state index contributed by atoms with van der Waals surface area (Å²) in [5.74, 6) is 1.19. The maximum absolute atomic E-state index is 13.7. The number of carbonyl (C=O) groups is 1. The molecular formula is C26H22ClN5O3. The highest BCUT2D eigenvalue weighted by atomic mass is 35.5. The van der Waals surface area contributed by atoms with Gasteiger partial charge in [-0.1, -0.05) is 54.1 Å². The van der Waals surface area contributed by atoms with Crippen molar-refractivity contribution in [3.05, 3.63) is 94.7 Å². The average molecular weight is 488 g/mol. The number of anilines is 2. The highest BCUT2D eigenvalue weighted by Gasteiger charge is 2.35. The number of hydrogen-bond acceptors (Lipinski definition) is 6. The van der Waals surface area contributed by atoms with E-state index in [1.165, 1.54) is 0 Å². The molecular weight excluding hydrogens is 466 g/mol. The third-order valence-electron chi connectivity index (χ3n) is 5.76. The zero-order valence-electron chi connectivity index (χ0n) is 19.0. The van der Waals surface area contributed by atoms with Gasteiger partial charge in [0.15, 0.2) is 5.82 Å². The van der Waals surface area contributed by atoms with Crippen LogP contribution in [0.4, 0.5) is 11.6 Å². The van der Waals surface area contributed by atoms with Gasteiger partial charge in [0.2, 0.25) is 5.95 Å². The smallest absolute Gasteiger partial charge is 0.255 e. The molecule has 9 heteroatoms. The van der Waals surface area contributed by atoms with Gasteiger partial charge in [0.1, 0.15) is 17.5 Å². The lowest BCUT2D eigenvalue weighted by Gasteiger charge is -2.29. The summed E-state index contributed by atoms with van der Waals surface area (Å²) in [6.45, 7) is 1.81. The Morgan fingerprint density at radius 2 is 1.89 bits per heavy atom. The number of allylic oxidation sites excluding steroid dienone is 1. The standard InChI is InChI=1S/C26H22ClN5O3/c1-15-22(25(34)29-20-12-5-6-13-21(20)35-2)23(18-10-3-4-11-19(18)27)32-26(28-15)30-24(31-32)16-8-7-9-17(33)14-16/h3-14,23,33H,1-2H3,(H,29,34)(H,28,30,31)/t23-/m1/s1. The molecule has 8 nitrogen and oxygen atoms in total. The third kappa shape index (κ3) is 4.20. The molecule has 0 spiro atoms. The fourth-order valence-corrected chi connectivity index (χ4v) is 4.37. The highest BCUT2D eigenvalue weighted by Crippen LogP contribution is 2.39. The van der Waals surface area contributed by atoms with Crippen molar-refractivity contribution in [3.8, 4) is 22.9 Å². The quantitative estimate of drug-likeness (QED) is 0.356. The SMILES string of the molecule is COc1ccccc1NC(=O)C1=C(C)Nc2nc(-c3cccc(O)c3)nn2[C@@H]1c1ccccc1Cl. The number of carbonyl (C=O) groups excluding carboxylic acids is 1. The molecule has 1 aliphatic heterocycles. The van der Waals surface area contributed by atoms with Gasteiger partial charge in [0.25, 0.3) is 5.91 Å². The number of rotatable bonds is 5. The lowest BCUT2D eigenvalue weighted by molar-refractivity contribution is -0.113. The van der Waals surface area contributed by atoms with E-state index in [0.29, 0.717) is 50.6 Å². The number of para-hydroxylation sites is 2. The Labute approximate surface area is 206 Å². The average Bonchev–Trinajstić information content (AvgIpc) is 3.27. The van der Waals surface area contributed by atoms with Crippen molar-refractivity contribution in [2.24, 2.45) is 0 Å². The van der Waals surface area contributed by atoms with Crippen LogP contribution in [0.1, 0.15) is 18.5 Å². The number of aromatic nitrogens is 3. The fourth-order valence-electron chi connectivity index (χ4n) is 4.13. The summed E-state index contributed by atoms with van der Waals surface area (Å²) in [7, 11) is 1.55. The third-order valence-corrected chi connectivity index (χ3v) is 6.10. The van der Waals surface area contributed by atoms with Gasteiger partial charge in [0.05, 0.1) is 18.4 Å². The summed E-state index contributed by atoms with van der Waals surface area (Å²) in [6.07, 6.45) is 0. The first-order valence-corrected chi connectivity index (χ1v) is 11.3. The Kier molecular flexibility index (Phi) is 5.88. The molecule has 2 heterocycles. The van der Waals surface area contributed by atoms with Crippen molar-refractivity contribution in [1.29, 1.82) is 0 Å². The van der Waals surface area contributed by atoms with E-state index in [0.717, 1.165) is 0 Å². The minimum absolute atomic E-state index is 0.108. The second-order valence-corrected chi connectivity index (χ2v) is 8.40. The van der Waals surface area contributed by atoms with Crippen molar-refractivity contribution in [2.75, 3.05) is 17.7 Å². The largest absolute Gasteiger partial charge is 0.508 e. The normalized spacial score (nSPS) is 14.8. The number of methoxy groups -OCH3 is 1. The predicted molar refractivity (Wildman–Crippen MR) is 135 cm³/mol. The zero-order valence-corrected chi connectivity index (χ0v) is 19.7. The van der Waals surface area contributed by atoms with E-state index in [4.69, 9.17) is 21.4 Å². The van der Waals surface area contributed by atoms with Crippen LogP contribution >= 0.6 is 11.6 Å². The Bertz CT molecular complexity index is 1460. The van der Waals surface area contributed by atoms with Gasteiger partial charge < -0.3 is 20.5 Å². The van der Waals surface area contributed by atoms with E-state index in [1.807, 2.05) is 37.3 Å². The van der Waals surface area contributed by atoms with Crippen LogP contribution in [0.3, 0.4) is 0 Å². The predicted octanol–water partition coefficient (Wildman–Crippen LogP) is 5.24. The minimum Gasteiger partial charge on any atom is -0.508 e. The summed E-state index contributed by atoms with van der Waals surface area (Å²) in [5.41, 5.74) is 2.94. The maximum Gasteiger partial charge on any atom is 0.255 e. The summed E-state index contributed by atoms with van der Waals surface area (Å²) in [5, 5.41) is 21.3. The number of benzene rings is 3. The number of ether oxygens (including phenoxy) is 1. The van der Waals surface area contributed by atoms with Gasteiger partial charge in [0, 0.05) is 21.8 Å². The Morgan fingerprint density at radius 1 is 1.11 bits per heavy atom. The lowest BCUT2D eigenvalue weighted by Crippen LogP contribution is -2.31. The first-order chi connectivity index (χ1) is 17.0. The Balaban J connectivity index is 1.62. The first-order valence-electron chi connectivity index (χ1n) is 10.9. The number of fused-ring (bicyclic) bond motifs is 1. The molecule has 3 N–H and O–H groups in total. The molecule has 35 heavy (non-hydrogen) atoms. The second-order valence-electron chi connectivity index (χ2n) is 8.00. The zero-order chi connectivity index (χ0) is 24.5. The summed E-state index contributed by atoms with van der Waals surface area (Å²) in [6, 6.07) is 20.6. The number of halogens is 1. The van der Waals surface area contributed by atoms with Crippen molar-refractivity contribution in [3.63, 3.8) is 0 Å². The van der Waals surface area contributed by atoms with Crippen LogP contribution in [0, 0.1) is 0 Å². The van der Waals surface area contributed by atoms with Crippen LogP contribution in [0.5, 0.6) is 11.5 Å². The van der Waals surface area contributed by atoms with Crippen molar-refractivity contribution < 1.29 is 14.6 Å². The van der Waals surface area contributed by atoms with Crippen molar-refractivity contribution in [1.82, 2.24) is 14.8 Å². The molecule has 0 unspecified atom stereocenters. The van der Waals surface area contributed by atoms with E-state index in [9.17, 15) is 9.90 Å². The number of phenolic OH excluding ortho intramolecular Hbond substituents is 1.